The maximum Gasteiger partial charge on any atom is 0.419 e. The van der Waals surface area contributed by atoms with Gasteiger partial charge in [-0.3, -0.25) is 0 Å². The predicted octanol–water partition coefficient (Wildman–Crippen LogP) is 7.04. The molecule has 2 aliphatic rings. The number of benzene rings is 3. The maximum atomic E-state index is 13.6. The minimum Gasteiger partial charge on any atom is -0.487 e. The van der Waals surface area contributed by atoms with Crippen LogP contribution in [-0.2, 0) is 21.8 Å². The van der Waals surface area contributed by atoms with E-state index in [2.05, 4.69) is 20.3 Å². The van der Waals surface area contributed by atoms with Gasteiger partial charge in [-0.1, -0.05) is 16.4 Å². The molecule has 4 N–H and O–H groups in total. The van der Waals surface area contributed by atoms with Gasteiger partial charge in [-0.2, -0.15) is 31.3 Å². The fourth-order valence-electron chi connectivity index (χ4n) is 5.36. The molecule has 5 aromatic rings. The number of hydrogen-bond donors (Lipinski definition) is 3. The number of hydrogen-bond acceptors (Lipinski definition) is 9. The molecule has 264 valence electrons. The molecule has 0 unspecified atom stereocenters. The number of fused-ring (bicyclic) bond motifs is 1. The van der Waals surface area contributed by atoms with Crippen LogP contribution in [0.2, 0.25) is 0 Å². The van der Waals surface area contributed by atoms with Crippen molar-refractivity contribution >= 4 is 16.7 Å². The van der Waals surface area contributed by atoms with Crippen LogP contribution in [0.4, 0.5) is 26.3 Å². The van der Waals surface area contributed by atoms with Gasteiger partial charge in [0, 0.05) is 46.6 Å². The SMILES string of the molecule is FC(F)(F)c1cc(-c2noc(-c3cccc4[nH]ccc34)n2)ccc1O[C@@H]1CCOC1.N/C(=N\O)c1ccc(O[C@@H]2CCOC2)c(C(F)(F)F)c1. The van der Waals surface area contributed by atoms with Crippen LogP contribution in [-0.4, -0.2) is 64.8 Å². The Morgan fingerprint density at radius 2 is 1.50 bits per heavy atom. The summed E-state index contributed by atoms with van der Waals surface area (Å²) < 4.78 is 106. The second kappa shape index (κ2) is 14.3. The number of oxime groups is 1. The van der Waals surface area contributed by atoms with Gasteiger partial charge in [0.25, 0.3) is 5.89 Å². The lowest BCUT2D eigenvalue weighted by Gasteiger charge is -2.18. The van der Waals surface area contributed by atoms with Crippen molar-refractivity contribution < 1.29 is 55.0 Å². The lowest BCUT2D eigenvalue weighted by atomic mass is 10.1. The van der Waals surface area contributed by atoms with Crippen LogP contribution in [0.3, 0.4) is 0 Å². The van der Waals surface area contributed by atoms with Crippen LogP contribution >= 0.6 is 0 Å². The Morgan fingerprint density at radius 3 is 2.10 bits per heavy atom. The summed E-state index contributed by atoms with van der Waals surface area (Å²) in [6.07, 6.45) is -7.09. The highest BCUT2D eigenvalue weighted by Gasteiger charge is 2.37. The molecule has 2 fully saturated rings. The Hall–Kier alpha value is -5.29. The van der Waals surface area contributed by atoms with E-state index in [1.165, 1.54) is 18.2 Å². The molecule has 3 aromatic carbocycles. The van der Waals surface area contributed by atoms with Gasteiger partial charge in [-0.15, -0.1) is 0 Å². The Kier molecular flexibility index (Phi) is 9.88. The van der Waals surface area contributed by atoms with Crippen LogP contribution < -0.4 is 15.2 Å². The first kappa shape index (κ1) is 34.6. The van der Waals surface area contributed by atoms with Crippen LogP contribution in [0.1, 0.15) is 29.5 Å². The van der Waals surface area contributed by atoms with Gasteiger partial charge in [0.2, 0.25) is 5.82 Å². The molecular formula is C33H29F6N5O6. The molecule has 7 rings (SSSR count). The highest BCUT2D eigenvalue weighted by atomic mass is 19.4. The average Bonchev–Trinajstić information content (AvgIpc) is 3.92. The van der Waals surface area contributed by atoms with E-state index in [4.69, 9.17) is 34.4 Å². The summed E-state index contributed by atoms with van der Waals surface area (Å²) in [6, 6.07) is 14.4. The first-order valence-corrected chi connectivity index (χ1v) is 15.2. The van der Waals surface area contributed by atoms with Crippen molar-refractivity contribution in [1.82, 2.24) is 15.1 Å². The van der Waals surface area contributed by atoms with E-state index in [1.54, 1.807) is 6.20 Å². The van der Waals surface area contributed by atoms with Crippen molar-refractivity contribution in [3.8, 4) is 34.3 Å². The maximum absolute atomic E-state index is 13.6. The summed E-state index contributed by atoms with van der Waals surface area (Å²) in [5.41, 5.74) is 5.19. The van der Waals surface area contributed by atoms with E-state index < -0.39 is 41.5 Å². The molecule has 0 saturated carbocycles. The van der Waals surface area contributed by atoms with Crippen LogP contribution in [0.25, 0.3) is 33.7 Å². The van der Waals surface area contributed by atoms with Gasteiger partial charge in [0.1, 0.15) is 23.7 Å². The van der Waals surface area contributed by atoms with Crippen LogP contribution in [0.5, 0.6) is 11.5 Å². The second-order valence-electron chi connectivity index (χ2n) is 11.3. The Labute approximate surface area is 279 Å². The van der Waals surface area contributed by atoms with Crippen molar-refractivity contribution in [2.45, 2.75) is 37.4 Å². The molecule has 50 heavy (non-hydrogen) atoms. The molecule has 0 aliphatic carbocycles. The van der Waals surface area contributed by atoms with E-state index in [9.17, 15) is 26.3 Å². The topological polar surface area (TPSA) is 150 Å². The van der Waals surface area contributed by atoms with E-state index in [0.29, 0.717) is 31.6 Å². The Balaban J connectivity index is 0.000000189. The fourth-order valence-corrected chi connectivity index (χ4v) is 5.36. The summed E-state index contributed by atoms with van der Waals surface area (Å²) >= 11 is 0. The number of amidine groups is 1. The van der Waals surface area contributed by atoms with Crippen molar-refractivity contribution in [1.29, 1.82) is 0 Å². The molecule has 0 radical (unpaired) electrons. The molecule has 2 aromatic heterocycles. The van der Waals surface area contributed by atoms with Gasteiger partial charge in [-0.05, 0) is 54.6 Å². The Morgan fingerprint density at radius 1 is 0.860 bits per heavy atom. The van der Waals surface area contributed by atoms with Gasteiger partial charge in [0.15, 0.2) is 5.84 Å². The molecule has 2 atom stereocenters. The molecule has 4 heterocycles. The molecule has 2 aliphatic heterocycles. The van der Waals surface area contributed by atoms with Gasteiger partial charge < -0.3 is 39.4 Å². The number of nitrogens with two attached hydrogens (primary N) is 1. The third kappa shape index (κ3) is 7.78. The lowest BCUT2D eigenvalue weighted by Crippen LogP contribution is -2.20. The summed E-state index contributed by atoms with van der Waals surface area (Å²) in [4.78, 5) is 7.41. The van der Waals surface area contributed by atoms with Gasteiger partial charge in [0.05, 0.1) is 37.6 Å². The van der Waals surface area contributed by atoms with Crippen LogP contribution in [0.15, 0.2) is 76.5 Å². The zero-order chi connectivity index (χ0) is 35.5. The highest BCUT2D eigenvalue weighted by molar-refractivity contribution is 5.97. The summed E-state index contributed by atoms with van der Waals surface area (Å²) in [5, 5.41) is 16.0. The molecule has 0 bridgehead atoms. The largest absolute Gasteiger partial charge is 0.487 e. The molecule has 2 saturated heterocycles. The zero-order valence-electron chi connectivity index (χ0n) is 25.9. The second-order valence-corrected chi connectivity index (χ2v) is 11.3. The van der Waals surface area contributed by atoms with Crippen molar-refractivity contribution in [3.05, 3.63) is 83.6 Å². The predicted molar refractivity (Wildman–Crippen MR) is 166 cm³/mol. The molecule has 17 heteroatoms. The number of alkyl halides is 6. The first-order valence-electron chi connectivity index (χ1n) is 15.2. The number of nitrogens with zero attached hydrogens (tertiary/aromatic N) is 3. The number of aromatic amines is 1. The minimum atomic E-state index is -4.60. The zero-order valence-corrected chi connectivity index (χ0v) is 25.9. The number of H-pyrrole nitrogens is 1. The number of aromatic nitrogens is 3. The smallest absolute Gasteiger partial charge is 0.419 e. The third-order valence-corrected chi connectivity index (χ3v) is 7.85. The number of halogens is 6. The molecule has 0 spiro atoms. The van der Waals surface area contributed by atoms with Crippen molar-refractivity contribution in [3.63, 3.8) is 0 Å². The average molecular weight is 706 g/mol. The first-order chi connectivity index (χ1) is 23.9. The van der Waals surface area contributed by atoms with Gasteiger partial charge >= 0.3 is 12.4 Å². The van der Waals surface area contributed by atoms with E-state index in [0.717, 1.165) is 29.1 Å². The van der Waals surface area contributed by atoms with E-state index in [1.807, 2.05) is 24.3 Å². The third-order valence-electron chi connectivity index (χ3n) is 7.85. The normalized spacial score (nSPS) is 18.2. The fraction of sp³-hybridized carbons (Fsp3) is 0.303. The van der Waals surface area contributed by atoms with Crippen molar-refractivity contribution in [2.24, 2.45) is 10.9 Å². The minimum absolute atomic E-state index is 0.0325. The lowest BCUT2D eigenvalue weighted by molar-refractivity contribution is -0.140. The summed E-state index contributed by atoms with van der Waals surface area (Å²) in [6.45, 7) is 1.48. The standard InChI is InChI=1S/C21H16F3N3O3.C12H13F3N2O3/c22-21(23,24)16-10-12(4-5-18(16)29-13-7-9-28-11-13)19-26-20(30-27-19)15-2-1-3-17-14(15)6-8-25-17;13-12(14,15)9-5-7(11(16)17-18)1-2-10(9)20-8-3-4-19-6-8/h1-6,8,10,13,25H,7,9,11H2;1-2,5,8,18H,3-4,6H2,(H2,16,17)/t13-;8-/m11/s1. The monoisotopic (exact) mass is 705 g/mol. The van der Waals surface area contributed by atoms with E-state index >= 15 is 0 Å². The number of nitrogens with one attached hydrogen (secondary N) is 1. The van der Waals surface area contributed by atoms with Crippen molar-refractivity contribution in [2.75, 3.05) is 26.4 Å². The number of rotatable bonds is 7. The Bertz CT molecular complexity index is 1960. The van der Waals surface area contributed by atoms with Crippen LogP contribution in [0, 0.1) is 0 Å². The molecular weight excluding hydrogens is 676 g/mol. The highest BCUT2D eigenvalue weighted by Crippen LogP contribution is 2.40. The summed E-state index contributed by atoms with van der Waals surface area (Å²) in [5.74, 6) is -0.623. The molecule has 11 nitrogen and oxygen atoms in total. The summed E-state index contributed by atoms with van der Waals surface area (Å²) in [7, 11) is 0. The quantitative estimate of drug-likeness (QED) is 0.0533. The van der Waals surface area contributed by atoms with Gasteiger partial charge in [-0.25, -0.2) is 0 Å². The van der Waals surface area contributed by atoms with E-state index in [-0.39, 0.29) is 47.6 Å². The molecule has 0 amide bonds. The number of ether oxygens (including phenoxy) is 4.